The minimum Gasteiger partial charge on any atom is -0.357 e. The molecule has 0 saturated heterocycles. The van der Waals surface area contributed by atoms with E-state index in [0.29, 0.717) is 25.6 Å². The number of hydrogen-bond donors (Lipinski definition) is 3. The second kappa shape index (κ2) is 8.63. The monoisotopic (exact) mass is 376 g/mol. The normalized spacial score (nSPS) is 13.0. The Hall–Kier alpha value is -1.39. The number of sulfonamides is 1. The van der Waals surface area contributed by atoms with Gasteiger partial charge in [-0.05, 0) is 20.8 Å². The molecule has 0 aliphatic carbocycles. The van der Waals surface area contributed by atoms with Gasteiger partial charge in [-0.3, -0.25) is 0 Å². The molecule has 8 nitrogen and oxygen atoms in total. The van der Waals surface area contributed by atoms with E-state index in [9.17, 15) is 8.42 Å². The van der Waals surface area contributed by atoms with Gasteiger partial charge >= 0.3 is 0 Å². The molecule has 0 bridgehead atoms. The van der Waals surface area contributed by atoms with Crippen molar-refractivity contribution in [2.75, 3.05) is 38.3 Å². The molecule has 0 saturated carbocycles. The van der Waals surface area contributed by atoms with E-state index >= 15 is 0 Å². The van der Waals surface area contributed by atoms with Crippen LogP contribution < -0.4 is 20.3 Å². The van der Waals surface area contributed by atoms with Crippen molar-refractivity contribution in [3.63, 3.8) is 0 Å². The quantitative estimate of drug-likeness (QED) is 0.454. The van der Waals surface area contributed by atoms with E-state index in [1.807, 2.05) is 45.1 Å². The molecule has 0 atom stereocenters. The number of hydrogen-bond acceptors (Lipinski definition) is 6. The number of anilines is 1. The standard InChI is InChI=1S/C14H28N6O2S2/c1-7-15-12(17-10-14(2,3)19-24(6,21)22)16-8-11-9-23-13(18-11)20(4)5/h9,19H,7-8,10H2,1-6H3,(H2,15,16,17). The highest BCUT2D eigenvalue weighted by Crippen LogP contribution is 2.18. The fourth-order valence-electron chi connectivity index (χ4n) is 1.92. The highest BCUT2D eigenvalue weighted by atomic mass is 32.2. The predicted molar refractivity (Wildman–Crippen MR) is 101 cm³/mol. The van der Waals surface area contributed by atoms with Crippen LogP contribution >= 0.6 is 11.3 Å². The van der Waals surface area contributed by atoms with Gasteiger partial charge in [0.25, 0.3) is 0 Å². The van der Waals surface area contributed by atoms with Crippen molar-refractivity contribution in [1.82, 2.24) is 20.3 Å². The largest absolute Gasteiger partial charge is 0.357 e. The van der Waals surface area contributed by atoms with Gasteiger partial charge < -0.3 is 15.5 Å². The summed E-state index contributed by atoms with van der Waals surface area (Å²) in [6, 6.07) is 0. The SMILES string of the molecule is CCNC(=NCc1csc(N(C)C)n1)NCC(C)(C)NS(C)(=O)=O. The van der Waals surface area contributed by atoms with Crippen molar-refractivity contribution in [2.45, 2.75) is 32.9 Å². The van der Waals surface area contributed by atoms with Gasteiger partial charge in [-0.1, -0.05) is 0 Å². The van der Waals surface area contributed by atoms with Crippen LogP contribution in [-0.2, 0) is 16.6 Å². The Morgan fingerprint density at radius 1 is 1.38 bits per heavy atom. The van der Waals surface area contributed by atoms with Gasteiger partial charge in [0, 0.05) is 38.1 Å². The number of rotatable bonds is 8. The van der Waals surface area contributed by atoms with Crippen LogP contribution in [0.15, 0.2) is 10.4 Å². The molecule has 0 radical (unpaired) electrons. The average molecular weight is 377 g/mol. The number of thiazole rings is 1. The first-order valence-electron chi connectivity index (χ1n) is 7.65. The summed E-state index contributed by atoms with van der Waals surface area (Å²) in [4.78, 5) is 10.9. The Morgan fingerprint density at radius 3 is 2.54 bits per heavy atom. The number of guanidine groups is 1. The second-order valence-electron chi connectivity index (χ2n) is 6.32. The summed E-state index contributed by atoms with van der Waals surface area (Å²) in [5.41, 5.74) is 0.275. The van der Waals surface area contributed by atoms with Crippen molar-refractivity contribution in [3.8, 4) is 0 Å². The Kier molecular flexibility index (Phi) is 7.43. The number of aliphatic imine (C=N–C) groups is 1. The molecular formula is C14H28N6O2S2. The first-order valence-corrected chi connectivity index (χ1v) is 10.4. The number of nitrogens with one attached hydrogen (secondary N) is 3. The van der Waals surface area contributed by atoms with Crippen LogP contribution in [0.2, 0.25) is 0 Å². The summed E-state index contributed by atoms with van der Waals surface area (Å²) in [6.45, 7) is 7.18. The number of aromatic nitrogens is 1. The summed E-state index contributed by atoms with van der Waals surface area (Å²) < 4.78 is 25.4. The zero-order chi connectivity index (χ0) is 18.4. The maximum Gasteiger partial charge on any atom is 0.209 e. The van der Waals surface area contributed by atoms with E-state index in [4.69, 9.17) is 0 Å². The van der Waals surface area contributed by atoms with Gasteiger partial charge in [0.15, 0.2) is 11.1 Å². The topological polar surface area (TPSA) is 98.7 Å². The fraction of sp³-hybridized carbons (Fsp3) is 0.714. The minimum absolute atomic E-state index is 0.409. The lowest BCUT2D eigenvalue weighted by atomic mass is 10.1. The Bertz CT molecular complexity index is 652. The van der Waals surface area contributed by atoms with E-state index in [1.54, 1.807) is 11.3 Å². The summed E-state index contributed by atoms with van der Waals surface area (Å²) >= 11 is 1.57. The highest BCUT2D eigenvalue weighted by Gasteiger charge is 2.22. The molecule has 0 spiro atoms. The summed E-state index contributed by atoms with van der Waals surface area (Å²) in [7, 11) is 0.639. The number of nitrogens with zero attached hydrogens (tertiary/aromatic N) is 3. The molecular weight excluding hydrogens is 348 g/mol. The summed E-state index contributed by atoms with van der Waals surface area (Å²) in [5, 5.41) is 9.23. The van der Waals surface area contributed by atoms with E-state index in [0.717, 1.165) is 17.1 Å². The first kappa shape index (κ1) is 20.7. The van der Waals surface area contributed by atoms with Gasteiger partial charge in [-0.25, -0.2) is 23.1 Å². The molecule has 0 fully saturated rings. The molecule has 0 aliphatic heterocycles. The Labute approximate surface area is 148 Å². The first-order chi connectivity index (χ1) is 11.0. The van der Waals surface area contributed by atoms with E-state index < -0.39 is 15.6 Å². The van der Waals surface area contributed by atoms with Crippen molar-refractivity contribution in [2.24, 2.45) is 4.99 Å². The van der Waals surface area contributed by atoms with Crippen LogP contribution in [0.4, 0.5) is 5.13 Å². The second-order valence-corrected chi connectivity index (χ2v) is 8.91. The van der Waals surface area contributed by atoms with Crippen molar-refractivity contribution < 1.29 is 8.42 Å². The lowest BCUT2D eigenvalue weighted by molar-refractivity contribution is 0.446. The fourth-order valence-corrected chi connectivity index (χ4v) is 3.74. The minimum atomic E-state index is -3.27. The van der Waals surface area contributed by atoms with Crippen LogP contribution in [0, 0.1) is 0 Å². The van der Waals surface area contributed by atoms with E-state index in [-0.39, 0.29) is 0 Å². The molecule has 24 heavy (non-hydrogen) atoms. The molecule has 0 aromatic carbocycles. The van der Waals surface area contributed by atoms with Crippen molar-refractivity contribution in [1.29, 1.82) is 0 Å². The third kappa shape index (κ3) is 7.93. The molecule has 0 amide bonds. The average Bonchev–Trinajstić information content (AvgIpc) is 2.88. The molecule has 1 aromatic rings. The maximum absolute atomic E-state index is 11.4. The highest BCUT2D eigenvalue weighted by molar-refractivity contribution is 7.88. The van der Waals surface area contributed by atoms with Crippen LogP contribution in [-0.4, -0.2) is 58.3 Å². The van der Waals surface area contributed by atoms with Crippen molar-refractivity contribution >= 4 is 32.5 Å². The zero-order valence-electron chi connectivity index (χ0n) is 15.2. The Morgan fingerprint density at radius 2 is 2.04 bits per heavy atom. The summed E-state index contributed by atoms with van der Waals surface area (Å²) in [6.07, 6.45) is 1.15. The van der Waals surface area contributed by atoms with Gasteiger partial charge in [0.2, 0.25) is 10.0 Å². The predicted octanol–water partition coefficient (Wildman–Crippen LogP) is 0.592. The zero-order valence-corrected chi connectivity index (χ0v) is 16.8. The molecule has 1 heterocycles. The maximum atomic E-state index is 11.4. The molecule has 10 heteroatoms. The lowest BCUT2D eigenvalue weighted by Crippen LogP contribution is -2.53. The lowest BCUT2D eigenvalue weighted by Gasteiger charge is -2.26. The molecule has 1 aromatic heterocycles. The van der Waals surface area contributed by atoms with E-state index in [2.05, 4.69) is 25.3 Å². The van der Waals surface area contributed by atoms with Gasteiger partial charge in [0.1, 0.15) is 0 Å². The summed E-state index contributed by atoms with van der Waals surface area (Å²) in [5.74, 6) is 0.625. The van der Waals surface area contributed by atoms with Crippen LogP contribution in [0.1, 0.15) is 26.5 Å². The smallest absolute Gasteiger partial charge is 0.209 e. The van der Waals surface area contributed by atoms with Gasteiger partial charge in [0.05, 0.1) is 18.5 Å². The van der Waals surface area contributed by atoms with Gasteiger partial charge in [-0.2, -0.15) is 0 Å². The molecule has 0 unspecified atom stereocenters. The molecule has 138 valence electrons. The molecule has 1 rings (SSSR count). The Balaban J connectivity index is 2.68. The molecule has 3 N–H and O–H groups in total. The third-order valence-electron chi connectivity index (χ3n) is 2.83. The van der Waals surface area contributed by atoms with Crippen LogP contribution in [0.25, 0.3) is 0 Å². The van der Waals surface area contributed by atoms with E-state index in [1.165, 1.54) is 0 Å². The van der Waals surface area contributed by atoms with Crippen molar-refractivity contribution in [3.05, 3.63) is 11.1 Å². The third-order valence-corrected chi connectivity index (χ3v) is 4.81. The van der Waals surface area contributed by atoms with Crippen LogP contribution in [0.3, 0.4) is 0 Å². The van der Waals surface area contributed by atoms with Gasteiger partial charge in [-0.15, -0.1) is 11.3 Å². The molecule has 0 aliphatic rings. The van der Waals surface area contributed by atoms with Crippen LogP contribution in [0.5, 0.6) is 0 Å².